The molecule has 2 aromatic rings. The van der Waals surface area contributed by atoms with Crippen molar-refractivity contribution in [3.63, 3.8) is 0 Å². The lowest BCUT2D eigenvalue weighted by Gasteiger charge is -2.30. The van der Waals surface area contributed by atoms with E-state index in [2.05, 4.69) is 5.32 Å². The minimum absolute atomic E-state index is 0.0499. The maximum absolute atomic E-state index is 12.4. The summed E-state index contributed by atoms with van der Waals surface area (Å²) in [6.45, 7) is 2.84. The lowest BCUT2D eigenvalue weighted by atomic mass is 10.2. The highest BCUT2D eigenvalue weighted by molar-refractivity contribution is 6.76. The number of hydrogen-bond acceptors (Lipinski definition) is 4. The maximum Gasteiger partial charge on any atom is 0.276 e. The van der Waals surface area contributed by atoms with E-state index < -0.39 is 9.70 Å². The Kier molecular flexibility index (Phi) is 6.77. The van der Waals surface area contributed by atoms with Crippen molar-refractivity contribution < 1.29 is 19.1 Å². The van der Waals surface area contributed by atoms with Crippen LogP contribution in [0.25, 0.3) is 0 Å². The largest absolute Gasteiger partial charge is 0.494 e. The summed E-state index contributed by atoms with van der Waals surface area (Å²) in [6, 6.07) is 12.6. The van der Waals surface area contributed by atoms with Crippen molar-refractivity contribution >= 4 is 58.0 Å². The topological polar surface area (TPSA) is 67.9 Å². The third-order valence-electron chi connectivity index (χ3n) is 4.23. The van der Waals surface area contributed by atoms with Gasteiger partial charge in [0.25, 0.3) is 15.6 Å². The molecule has 1 aliphatic rings. The molecular weight excluding hydrogens is 439 g/mol. The molecule has 0 fully saturated rings. The minimum atomic E-state index is -2.09. The number of rotatable bonds is 6. The summed E-state index contributed by atoms with van der Waals surface area (Å²) in [5.74, 6) is 0.346. The van der Waals surface area contributed by atoms with Gasteiger partial charge >= 0.3 is 0 Å². The molecule has 0 aromatic heterocycles. The number of alkyl halides is 3. The molecule has 154 valence electrons. The van der Waals surface area contributed by atoms with E-state index in [1.807, 2.05) is 31.2 Å². The van der Waals surface area contributed by atoms with Crippen molar-refractivity contribution in [1.29, 1.82) is 0 Å². The highest BCUT2D eigenvalue weighted by atomic mass is 35.6. The van der Waals surface area contributed by atoms with Crippen LogP contribution in [0.5, 0.6) is 11.5 Å². The molecule has 29 heavy (non-hydrogen) atoms. The van der Waals surface area contributed by atoms with Gasteiger partial charge in [-0.3, -0.25) is 9.59 Å². The van der Waals surface area contributed by atoms with Crippen molar-refractivity contribution in [1.82, 2.24) is 0 Å². The van der Waals surface area contributed by atoms with Gasteiger partial charge in [-0.2, -0.15) is 0 Å². The first kappa shape index (κ1) is 21.6. The van der Waals surface area contributed by atoms with Crippen LogP contribution in [0.4, 0.5) is 11.4 Å². The van der Waals surface area contributed by atoms with Crippen LogP contribution in [0.15, 0.2) is 42.5 Å². The highest BCUT2D eigenvalue weighted by Gasteiger charge is 2.31. The predicted octanol–water partition coefficient (Wildman–Crippen LogP) is 4.50. The highest BCUT2D eigenvalue weighted by Crippen LogP contribution is 2.35. The first-order valence-corrected chi connectivity index (χ1v) is 10.0. The fraction of sp³-hybridized carbons (Fsp3) is 0.300. The van der Waals surface area contributed by atoms with Crippen molar-refractivity contribution in [2.45, 2.75) is 17.1 Å². The van der Waals surface area contributed by atoms with Gasteiger partial charge < -0.3 is 19.7 Å². The molecule has 0 saturated heterocycles. The second-order valence-corrected chi connectivity index (χ2v) is 8.76. The Morgan fingerprint density at radius 3 is 2.62 bits per heavy atom. The number of anilines is 2. The molecule has 1 aliphatic heterocycles. The average Bonchev–Trinajstić information content (AvgIpc) is 2.67. The smallest absolute Gasteiger partial charge is 0.276 e. The summed E-state index contributed by atoms with van der Waals surface area (Å²) in [6.07, 6.45) is 0.615. The molecule has 2 aromatic carbocycles. The number of fused-ring (bicyclic) bond motifs is 1. The van der Waals surface area contributed by atoms with Crippen LogP contribution in [0, 0.1) is 6.92 Å². The van der Waals surface area contributed by atoms with E-state index in [-0.39, 0.29) is 12.5 Å². The Balaban J connectivity index is 1.65. The molecule has 0 radical (unpaired) electrons. The van der Waals surface area contributed by atoms with Crippen LogP contribution in [-0.4, -0.2) is 35.4 Å². The number of carbonyl (C=O) groups excluding carboxylic acids is 2. The number of amides is 2. The van der Waals surface area contributed by atoms with E-state index in [1.54, 1.807) is 23.1 Å². The van der Waals surface area contributed by atoms with E-state index in [0.717, 1.165) is 11.3 Å². The number of aryl methyl sites for hydroxylation is 1. The third kappa shape index (κ3) is 5.69. The summed E-state index contributed by atoms with van der Waals surface area (Å²) in [7, 11) is 0. The van der Waals surface area contributed by atoms with E-state index in [0.29, 0.717) is 36.7 Å². The Labute approximate surface area is 183 Å². The lowest BCUT2D eigenvalue weighted by Crippen LogP contribution is -2.40. The van der Waals surface area contributed by atoms with Crippen molar-refractivity contribution in [3.05, 3.63) is 48.0 Å². The Hall–Kier alpha value is -2.15. The Morgan fingerprint density at radius 1 is 1.21 bits per heavy atom. The van der Waals surface area contributed by atoms with E-state index in [4.69, 9.17) is 44.3 Å². The molecular formula is C20H19Cl3N2O4. The van der Waals surface area contributed by atoms with Gasteiger partial charge in [0.05, 0.1) is 12.3 Å². The number of nitrogens with zero attached hydrogens (tertiary/aromatic N) is 1. The molecule has 0 aliphatic carbocycles. The van der Waals surface area contributed by atoms with Crippen LogP contribution in [0.1, 0.15) is 12.0 Å². The summed E-state index contributed by atoms with van der Waals surface area (Å²) in [5, 5.41) is 2.51. The van der Waals surface area contributed by atoms with Crippen LogP contribution < -0.4 is 19.7 Å². The molecule has 2 amide bonds. The van der Waals surface area contributed by atoms with Crippen molar-refractivity contribution in [3.8, 4) is 11.5 Å². The maximum atomic E-state index is 12.4. The minimum Gasteiger partial charge on any atom is -0.494 e. The summed E-state index contributed by atoms with van der Waals surface area (Å²) in [4.78, 5) is 25.8. The van der Waals surface area contributed by atoms with Gasteiger partial charge in [-0.25, -0.2) is 0 Å². The van der Waals surface area contributed by atoms with Gasteiger partial charge in [0.2, 0.25) is 0 Å². The van der Waals surface area contributed by atoms with Gasteiger partial charge in [0.15, 0.2) is 6.61 Å². The first-order valence-electron chi connectivity index (χ1n) is 8.89. The number of benzene rings is 2. The van der Waals surface area contributed by atoms with E-state index >= 15 is 0 Å². The van der Waals surface area contributed by atoms with Gasteiger partial charge in [-0.1, -0.05) is 52.5 Å². The van der Waals surface area contributed by atoms with Gasteiger partial charge in [-0.15, -0.1) is 0 Å². The molecule has 0 saturated carbocycles. The molecule has 3 rings (SSSR count). The van der Waals surface area contributed by atoms with Gasteiger partial charge in [0, 0.05) is 12.2 Å². The molecule has 0 unspecified atom stereocenters. The van der Waals surface area contributed by atoms with Gasteiger partial charge in [0.1, 0.15) is 11.5 Å². The molecule has 1 heterocycles. The van der Waals surface area contributed by atoms with Crippen molar-refractivity contribution in [2.24, 2.45) is 0 Å². The standard InChI is InChI=1S/C20H19Cl3N2O4/c1-13-3-6-15(7-4-13)28-10-2-9-25-16-11-14(24-19(27)20(21,22)23)5-8-17(16)29-12-18(25)26/h3-8,11H,2,9-10,12H2,1H3,(H,24,27). The number of nitrogens with one attached hydrogen (secondary N) is 1. The zero-order valence-electron chi connectivity index (χ0n) is 15.6. The van der Waals surface area contributed by atoms with E-state index in [1.165, 1.54) is 0 Å². The predicted molar refractivity (Wildman–Crippen MR) is 115 cm³/mol. The summed E-state index contributed by atoms with van der Waals surface area (Å²) < 4.78 is 9.10. The zero-order chi connectivity index (χ0) is 21.0. The third-order valence-corrected chi connectivity index (χ3v) is 4.75. The lowest BCUT2D eigenvalue weighted by molar-refractivity contribution is -0.121. The normalized spacial score (nSPS) is 13.5. The quantitative estimate of drug-likeness (QED) is 0.512. The molecule has 0 atom stereocenters. The molecule has 1 N–H and O–H groups in total. The summed E-state index contributed by atoms with van der Waals surface area (Å²) in [5.41, 5.74) is 2.09. The number of hydrogen-bond donors (Lipinski definition) is 1. The fourth-order valence-electron chi connectivity index (χ4n) is 2.77. The molecule has 0 spiro atoms. The first-order chi connectivity index (χ1) is 13.7. The van der Waals surface area contributed by atoms with Crippen LogP contribution >= 0.6 is 34.8 Å². The van der Waals surface area contributed by atoms with Crippen LogP contribution in [0.3, 0.4) is 0 Å². The SMILES string of the molecule is Cc1ccc(OCCCN2C(=O)COc3ccc(NC(=O)C(Cl)(Cl)Cl)cc32)cc1. The van der Waals surface area contributed by atoms with Crippen LogP contribution in [-0.2, 0) is 9.59 Å². The van der Waals surface area contributed by atoms with Gasteiger partial charge in [-0.05, 0) is 43.7 Å². The number of carbonyl (C=O) groups is 2. The fourth-order valence-corrected chi connectivity index (χ4v) is 2.92. The van der Waals surface area contributed by atoms with Crippen LogP contribution in [0.2, 0.25) is 0 Å². The molecule has 0 bridgehead atoms. The molecule has 9 heteroatoms. The van der Waals surface area contributed by atoms with Crippen molar-refractivity contribution in [2.75, 3.05) is 30.0 Å². The Morgan fingerprint density at radius 2 is 1.93 bits per heavy atom. The number of ether oxygens (including phenoxy) is 2. The molecule has 6 nitrogen and oxygen atoms in total. The summed E-state index contributed by atoms with van der Waals surface area (Å²) >= 11 is 16.8. The average molecular weight is 458 g/mol. The Bertz CT molecular complexity index is 898. The zero-order valence-corrected chi connectivity index (χ0v) is 17.9. The number of halogens is 3. The van der Waals surface area contributed by atoms with E-state index in [9.17, 15) is 9.59 Å². The monoisotopic (exact) mass is 456 g/mol. The second-order valence-electron chi connectivity index (χ2n) is 6.48. The second kappa shape index (κ2) is 9.11.